The third-order valence-corrected chi connectivity index (χ3v) is 3.08. The molecule has 0 aliphatic carbocycles. The number of fused-ring (bicyclic) bond motifs is 1. The molecule has 1 unspecified atom stereocenters. The lowest BCUT2D eigenvalue weighted by Gasteiger charge is -2.17. The molecule has 2 N–H and O–H groups in total. The van der Waals surface area contributed by atoms with Crippen LogP contribution < -0.4 is 10.6 Å². The van der Waals surface area contributed by atoms with E-state index in [0.29, 0.717) is 5.69 Å². The Balaban J connectivity index is 0.00000133. The van der Waals surface area contributed by atoms with E-state index in [9.17, 15) is 9.18 Å². The summed E-state index contributed by atoms with van der Waals surface area (Å²) in [5, 5.41) is 0. The highest BCUT2D eigenvalue weighted by Gasteiger charge is 2.35. The van der Waals surface area contributed by atoms with Gasteiger partial charge in [-0.1, -0.05) is 18.2 Å². The lowest BCUT2D eigenvalue weighted by atomic mass is 10.1. The molecule has 1 amide bonds. The number of benzene rings is 2. The molecule has 0 saturated heterocycles. The number of nitrogens with two attached hydrogens (primary N) is 1. The van der Waals surface area contributed by atoms with E-state index in [1.54, 1.807) is 12.1 Å². The Morgan fingerprint density at radius 1 is 1.05 bits per heavy atom. The van der Waals surface area contributed by atoms with Crippen LogP contribution in [0.5, 0.6) is 0 Å². The Labute approximate surface area is 116 Å². The van der Waals surface area contributed by atoms with E-state index in [4.69, 9.17) is 5.73 Å². The molecule has 0 saturated carbocycles. The number of carbonyl (C=O) groups is 1. The molecule has 19 heavy (non-hydrogen) atoms. The maximum atomic E-state index is 12.9. The van der Waals surface area contributed by atoms with Gasteiger partial charge in [-0.3, -0.25) is 9.69 Å². The first-order valence-corrected chi connectivity index (χ1v) is 5.62. The first-order valence-electron chi connectivity index (χ1n) is 5.62. The van der Waals surface area contributed by atoms with Gasteiger partial charge < -0.3 is 5.73 Å². The molecular formula is C14H12ClFN2O. The lowest BCUT2D eigenvalue weighted by Crippen LogP contribution is -2.27. The van der Waals surface area contributed by atoms with Gasteiger partial charge in [0.05, 0.1) is 5.69 Å². The summed E-state index contributed by atoms with van der Waals surface area (Å²) in [4.78, 5) is 13.7. The smallest absolute Gasteiger partial charge is 0.253 e. The number of anilines is 2. The Morgan fingerprint density at radius 2 is 1.68 bits per heavy atom. The van der Waals surface area contributed by atoms with Crippen molar-refractivity contribution < 1.29 is 9.18 Å². The first kappa shape index (κ1) is 13.5. The predicted molar refractivity (Wildman–Crippen MR) is 74.2 cm³/mol. The standard InChI is InChI=1S/C14H11FN2O.ClH/c15-9-5-7-10(8-6-9)17-12-4-2-1-3-11(12)13(16)14(17)18;/h1-8,13H,16H2;1H. The monoisotopic (exact) mass is 278 g/mol. The van der Waals surface area contributed by atoms with Crippen molar-refractivity contribution in [2.24, 2.45) is 5.73 Å². The minimum atomic E-state index is -0.647. The maximum Gasteiger partial charge on any atom is 0.253 e. The van der Waals surface area contributed by atoms with Crippen molar-refractivity contribution in [3.8, 4) is 0 Å². The van der Waals surface area contributed by atoms with Crippen LogP contribution >= 0.6 is 12.4 Å². The van der Waals surface area contributed by atoms with E-state index in [0.717, 1.165) is 11.3 Å². The van der Waals surface area contributed by atoms with Crippen molar-refractivity contribution in [2.75, 3.05) is 4.90 Å². The Kier molecular flexibility index (Phi) is 3.55. The van der Waals surface area contributed by atoms with Crippen LogP contribution in [0.15, 0.2) is 48.5 Å². The van der Waals surface area contributed by atoms with Gasteiger partial charge in [0.1, 0.15) is 11.9 Å². The highest BCUT2D eigenvalue weighted by Crippen LogP contribution is 2.39. The second-order valence-corrected chi connectivity index (χ2v) is 4.19. The summed E-state index contributed by atoms with van der Waals surface area (Å²) in [7, 11) is 0. The number of nitrogens with zero attached hydrogens (tertiary/aromatic N) is 1. The van der Waals surface area contributed by atoms with Gasteiger partial charge in [-0.15, -0.1) is 12.4 Å². The van der Waals surface area contributed by atoms with Gasteiger partial charge in [0.15, 0.2) is 0 Å². The molecule has 0 bridgehead atoms. The average Bonchev–Trinajstić information content (AvgIpc) is 2.64. The fourth-order valence-corrected chi connectivity index (χ4v) is 2.20. The van der Waals surface area contributed by atoms with Gasteiger partial charge >= 0.3 is 0 Å². The fraction of sp³-hybridized carbons (Fsp3) is 0.0714. The quantitative estimate of drug-likeness (QED) is 0.872. The van der Waals surface area contributed by atoms with Crippen LogP contribution in [0.2, 0.25) is 0 Å². The molecule has 0 spiro atoms. The molecule has 1 heterocycles. The van der Waals surface area contributed by atoms with Crippen molar-refractivity contribution in [3.63, 3.8) is 0 Å². The van der Waals surface area contributed by atoms with E-state index in [-0.39, 0.29) is 24.1 Å². The highest BCUT2D eigenvalue weighted by atomic mass is 35.5. The number of hydrogen-bond acceptors (Lipinski definition) is 2. The predicted octanol–water partition coefficient (Wildman–Crippen LogP) is 2.93. The largest absolute Gasteiger partial charge is 0.316 e. The van der Waals surface area contributed by atoms with Crippen molar-refractivity contribution in [1.29, 1.82) is 0 Å². The molecule has 5 heteroatoms. The molecule has 0 radical (unpaired) electrons. The van der Waals surface area contributed by atoms with Crippen LogP contribution in [0, 0.1) is 5.82 Å². The van der Waals surface area contributed by atoms with E-state index in [1.165, 1.54) is 17.0 Å². The van der Waals surface area contributed by atoms with Gasteiger partial charge in [-0.25, -0.2) is 4.39 Å². The molecule has 2 aromatic carbocycles. The summed E-state index contributed by atoms with van der Waals surface area (Å²) in [6.45, 7) is 0. The molecule has 98 valence electrons. The van der Waals surface area contributed by atoms with Crippen molar-refractivity contribution in [3.05, 3.63) is 59.9 Å². The third kappa shape index (κ3) is 2.09. The lowest BCUT2D eigenvalue weighted by molar-refractivity contribution is -0.118. The van der Waals surface area contributed by atoms with Crippen LogP contribution in [-0.2, 0) is 4.79 Å². The zero-order chi connectivity index (χ0) is 12.7. The average molecular weight is 279 g/mol. The highest BCUT2D eigenvalue weighted by molar-refractivity contribution is 6.09. The summed E-state index contributed by atoms with van der Waals surface area (Å²) in [6, 6.07) is 12.5. The first-order chi connectivity index (χ1) is 8.68. The summed E-state index contributed by atoms with van der Waals surface area (Å²) in [6.07, 6.45) is 0. The van der Waals surface area contributed by atoms with Gasteiger partial charge in [-0.2, -0.15) is 0 Å². The Morgan fingerprint density at radius 3 is 2.37 bits per heavy atom. The molecule has 1 aliphatic heterocycles. The molecule has 0 aromatic heterocycles. The molecule has 2 aromatic rings. The van der Waals surface area contributed by atoms with Gasteiger partial charge in [0.25, 0.3) is 5.91 Å². The normalized spacial score (nSPS) is 17.1. The number of carbonyl (C=O) groups excluding carboxylic acids is 1. The molecule has 1 aliphatic rings. The van der Waals surface area contributed by atoms with Crippen LogP contribution in [-0.4, -0.2) is 5.91 Å². The van der Waals surface area contributed by atoms with Gasteiger partial charge in [0.2, 0.25) is 0 Å². The number of halogens is 2. The van der Waals surface area contributed by atoms with Crippen molar-refractivity contribution >= 4 is 29.7 Å². The van der Waals surface area contributed by atoms with Crippen LogP contribution in [0.1, 0.15) is 11.6 Å². The number of hydrogen-bond donors (Lipinski definition) is 1. The molecule has 3 rings (SSSR count). The van der Waals surface area contributed by atoms with Crippen molar-refractivity contribution in [2.45, 2.75) is 6.04 Å². The van der Waals surface area contributed by atoms with Crippen LogP contribution in [0.25, 0.3) is 0 Å². The number of rotatable bonds is 1. The van der Waals surface area contributed by atoms with E-state index < -0.39 is 6.04 Å². The zero-order valence-corrected chi connectivity index (χ0v) is 10.7. The van der Waals surface area contributed by atoms with Crippen molar-refractivity contribution in [1.82, 2.24) is 0 Å². The van der Waals surface area contributed by atoms with E-state index >= 15 is 0 Å². The Bertz CT molecular complexity index is 615. The topological polar surface area (TPSA) is 46.3 Å². The minimum Gasteiger partial charge on any atom is -0.316 e. The molecular weight excluding hydrogens is 267 g/mol. The second-order valence-electron chi connectivity index (χ2n) is 4.19. The summed E-state index contributed by atoms with van der Waals surface area (Å²) in [5.74, 6) is -0.522. The van der Waals surface area contributed by atoms with Gasteiger partial charge in [0, 0.05) is 11.3 Å². The zero-order valence-electron chi connectivity index (χ0n) is 9.92. The van der Waals surface area contributed by atoms with Crippen LogP contribution in [0.3, 0.4) is 0 Å². The van der Waals surface area contributed by atoms with Gasteiger partial charge in [-0.05, 0) is 30.3 Å². The van der Waals surface area contributed by atoms with Crippen LogP contribution in [0.4, 0.5) is 15.8 Å². The molecule has 0 fully saturated rings. The van der Waals surface area contributed by atoms with E-state index in [2.05, 4.69) is 0 Å². The molecule has 3 nitrogen and oxygen atoms in total. The SMILES string of the molecule is Cl.NC1C(=O)N(c2ccc(F)cc2)c2ccccc21. The summed E-state index contributed by atoms with van der Waals surface area (Å²) < 4.78 is 12.9. The number of amides is 1. The fourth-order valence-electron chi connectivity index (χ4n) is 2.20. The number of para-hydroxylation sites is 1. The minimum absolute atomic E-state index is 0. The summed E-state index contributed by atoms with van der Waals surface area (Å²) in [5.41, 5.74) is 8.07. The molecule has 1 atom stereocenters. The summed E-state index contributed by atoms with van der Waals surface area (Å²) >= 11 is 0. The Hall–Kier alpha value is -1.91. The second kappa shape index (κ2) is 4.99. The third-order valence-electron chi connectivity index (χ3n) is 3.08. The van der Waals surface area contributed by atoms with E-state index in [1.807, 2.05) is 24.3 Å². The maximum absolute atomic E-state index is 12.9.